The van der Waals surface area contributed by atoms with Gasteiger partial charge in [-0.3, -0.25) is 0 Å². The lowest BCUT2D eigenvalue weighted by atomic mass is 10.0. The third-order valence-corrected chi connectivity index (χ3v) is 3.29. The Balaban J connectivity index is 1.69. The first-order valence-electron chi connectivity index (χ1n) is 6.39. The minimum absolute atomic E-state index is 0.890. The minimum Gasteiger partial charge on any atom is -0.381 e. The number of hydrogen-bond acceptors (Lipinski definition) is 1. The molecule has 0 unspecified atom stereocenters. The lowest BCUT2D eigenvalue weighted by Crippen LogP contribution is -2.00. The lowest BCUT2D eigenvalue weighted by Gasteiger charge is -2.07. The summed E-state index contributed by atoms with van der Waals surface area (Å²) in [7, 11) is 0. The zero-order valence-electron chi connectivity index (χ0n) is 10.5. The van der Waals surface area contributed by atoms with Gasteiger partial charge in [-0.05, 0) is 56.6 Å². The van der Waals surface area contributed by atoms with Gasteiger partial charge in [-0.1, -0.05) is 23.8 Å². The molecular weight excluding hydrogens is 196 g/mol. The fourth-order valence-corrected chi connectivity index (χ4v) is 1.97. The van der Waals surface area contributed by atoms with Crippen LogP contribution < -0.4 is 0 Å². The molecule has 0 atom stereocenters. The summed E-state index contributed by atoms with van der Waals surface area (Å²) in [6, 6.07) is 6.70. The Kier molecular flexibility index (Phi) is 4.00. The van der Waals surface area contributed by atoms with Gasteiger partial charge in [0.2, 0.25) is 0 Å². The van der Waals surface area contributed by atoms with Crippen molar-refractivity contribution in [2.75, 3.05) is 13.2 Å². The van der Waals surface area contributed by atoms with Gasteiger partial charge in [0.1, 0.15) is 0 Å². The Bertz CT molecular complexity index is 339. The van der Waals surface area contributed by atoms with Gasteiger partial charge in [-0.15, -0.1) is 0 Å². The maximum atomic E-state index is 5.65. The normalized spacial score (nSPS) is 15.4. The van der Waals surface area contributed by atoms with Crippen LogP contribution in [0.3, 0.4) is 0 Å². The summed E-state index contributed by atoms with van der Waals surface area (Å²) in [5, 5.41) is 0. The summed E-state index contributed by atoms with van der Waals surface area (Å²) in [6.45, 7) is 6.27. The molecule has 0 amide bonds. The molecule has 1 aliphatic carbocycles. The van der Waals surface area contributed by atoms with E-state index in [1.807, 2.05) is 0 Å². The maximum absolute atomic E-state index is 5.65. The second kappa shape index (κ2) is 5.49. The zero-order chi connectivity index (χ0) is 11.4. The average Bonchev–Trinajstić information content (AvgIpc) is 3.06. The molecular formula is C15H22O. The minimum atomic E-state index is 0.890. The van der Waals surface area contributed by atoms with Gasteiger partial charge in [-0.2, -0.15) is 0 Å². The van der Waals surface area contributed by atoms with Gasteiger partial charge in [0, 0.05) is 13.2 Å². The first kappa shape index (κ1) is 11.7. The summed E-state index contributed by atoms with van der Waals surface area (Å²) in [6.07, 6.45) is 5.07. The van der Waals surface area contributed by atoms with Crippen LogP contribution in [-0.4, -0.2) is 13.2 Å². The van der Waals surface area contributed by atoms with Gasteiger partial charge >= 0.3 is 0 Å². The summed E-state index contributed by atoms with van der Waals surface area (Å²) in [4.78, 5) is 0. The van der Waals surface area contributed by atoms with Gasteiger partial charge in [0.15, 0.2) is 0 Å². The molecule has 0 heterocycles. The smallest absolute Gasteiger partial charge is 0.0494 e. The third-order valence-electron chi connectivity index (χ3n) is 3.29. The number of benzene rings is 1. The van der Waals surface area contributed by atoms with E-state index in [-0.39, 0.29) is 0 Å². The van der Waals surface area contributed by atoms with Crippen molar-refractivity contribution in [2.45, 2.75) is 39.5 Å². The van der Waals surface area contributed by atoms with Gasteiger partial charge in [0.05, 0.1) is 0 Å². The molecule has 1 nitrogen and oxygen atoms in total. The first-order chi connectivity index (χ1) is 7.75. The van der Waals surface area contributed by atoms with Crippen LogP contribution in [0.15, 0.2) is 18.2 Å². The highest BCUT2D eigenvalue weighted by molar-refractivity contribution is 5.30. The molecule has 1 aromatic rings. The summed E-state index contributed by atoms with van der Waals surface area (Å²) in [5.41, 5.74) is 4.25. The molecule has 88 valence electrons. The van der Waals surface area contributed by atoms with E-state index in [2.05, 4.69) is 32.0 Å². The molecule has 2 rings (SSSR count). The van der Waals surface area contributed by atoms with Gasteiger partial charge < -0.3 is 4.74 Å². The van der Waals surface area contributed by atoms with Crippen LogP contribution >= 0.6 is 0 Å². The number of aryl methyl sites for hydroxylation is 3. The molecule has 0 aliphatic heterocycles. The van der Waals surface area contributed by atoms with Crippen molar-refractivity contribution in [3.63, 3.8) is 0 Å². The third kappa shape index (κ3) is 3.64. The quantitative estimate of drug-likeness (QED) is 0.662. The van der Waals surface area contributed by atoms with Crippen LogP contribution in [0.4, 0.5) is 0 Å². The van der Waals surface area contributed by atoms with Gasteiger partial charge in [-0.25, -0.2) is 0 Å². The molecule has 0 saturated heterocycles. The summed E-state index contributed by atoms with van der Waals surface area (Å²) in [5.74, 6) is 0.890. The van der Waals surface area contributed by atoms with Crippen molar-refractivity contribution in [1.82, 2.24) is 0 Å². The first-order valence-corrected chi connectivity index (χ1v) is 6.39. The standard InChI is InChI=1S/C15H22O/c1-12-5-6-13(2)15(10-12)4-3-9-16-11-14-7-8-14/h5-6,10,14H,3-4,7-9,11H2,1-2H3. The van der Waals surface area contributed by atoms with Crippen molar-refractivity contribution in [2.24, 2.45) is 5.92 Å². The molecule has 1 aliphatic rings. The molecule has 0 aromatic heterocycles. The van der Waals surface area contributed by atoms with E-state index >= 15 is 0 Å². The molecule has 0 spiro atoms. The van der Waals surface area contributed by atoms with E-state index in [0.717, 1.165) is 32.0 Å². The molecule has 0 bridgehead atoms. The topological polar surface area (TPSA) is 9.23 Å². The lowest BCUT2D eigenvalue weighted by molar-refractivity contribution is 0.122. The fourth-order valence-electron chi connectivity index (χ4n) is 1.97. The average molecular weight is 218 g/mol. The summed E-state index contributed by atoms with van der Waals surface area (Å²) < 4.78 is 5.65. The van der Waals surface area contributed by atoms with Crippen LogP contribution in [-0.2, 0) is 11.2 Å². The van der Waals surface area contributed by atoms with Crippen LogP contribution in [0.2, 0.25) is 0 Å². The monoisotopic (exact) mass is 218 g/mol. The zero-order valence-corrected chi connectivity index (χ0v) is 10.5. The van der Waals surface area contributed by atoms with Gasteiger partial charge in [0.25, 0.3) is 0 Å². The Morgan fingerprint density at radius 1 is 1.25 bits per heavy atom. The Labute approximate surface area is 98.8 Å². The van der Waals surface area contributed by atoms with E-state index in [0.29, 0.717) is 0 Å². The van der Waals surface area contributed by atoms with E-state index in [4.69, 9.17) is 4.74 Å². The van der Waals surface area contributed by atoms with E-state index in [9.17, 15) is 0 Å². The van der Waals surface area contributed by atoms with Crippen LogP contribution in [0.1, 0.15) is 36.0 Å². The molecule has 1 fully saturated rings. The predicted molar refractivity (Wildman–Crippen MR) is 67.8 cm³/mol. The summed E-state index contributed by atoms with van der Waals surface area (Å²) >= 11 is 0. The molecule has 16 heavy (non-hydrogen) atoms. The van der Waals surface area contributed by atoms with Crippen molar-refractivity contribution in [1.29, 1.82) is 0 Å². The maximum Gasteiger partial charge on any atom is 0.0494 e. The number of hydrogen-bond donors (Lipinski definition) is 0. The fraction of sp³-hybridized carbons (Fsp3) is 0.600. The van der Waals surface area contributed by atoms with Crippen LogP contribution in [0.5, 0.6) is 0 Å². The number of rotatable bonds is 6. The second-order valence-electron chi connectivity index (χ2n) is 5.05. The molecule has 0 N–H and O–H groups in total. The van der Waals surface area contributed by atoms with E-state index < -0.39 is 0 Å². The van der Waals surface area contributed by atoms with Crippen molar-refractivity contribution < 1.29 is 4.74 Å². The van der Waals surface area contributed by atoms with Crippen molar-refractivity contribution in [3.05, 3.63) is 34.9 Å². The van der Waals surface area contributed by atoms with Crippen molar-refractivity contribution in [3.8, 4) is 0 Å². The highest BCUT2D eigenvalue weighted by atomic mass is 16.5. The largest absolute Gasteiger partial charge is 0.381 e. The molecule has 0 radical (unpaired) electrons. The van der Waals surface area contributed by atoms with E-state index in [1.165, 1.54) is 29.5 Å². The Hall–Kier alpha value is -0.820. The van der Waals surface area contributed by atoms with E-state index in [1.54, 1.807) is 0 Å². The molecule has 1 saturated carbocycles. The predicted octanol–water partition coefficient (Wildman–Crippen LogP) is 3.66. The SMILES string of the molecule is Cc1ccc(C)c(CCCOCC2CC2)c1. The van der Waals surface area contributed by atoms with Crippen LogP contribution in [0, 0.1) is 19.8 Å². The van der Waals surface area contributed by atoms with Crippen molar-refractivity contribution >= 4 is 0 Å². The van der Waals surface area contributed by atoms with Crippen LogP contribution in [0.25, 0.3) is 0 Å². The second-order valence-corrected chi connectivity index (χ2v) is 5.05. The molecule has 1 aromatic carbocycles. The Morgan fingerprint density at radius 3 is 2.81 bits per heavy atom. The number of ether oxygens (including phenoxy) is 1. The highest BCUT2D eigenvalue weighted by Gasteiger charge is 2.20. The highest BCUT2D eigenvalue weighted by Crippen LogP contribution is 2.28. The Morgan fingerprint density at radius 2 is 2.06 bits per heavy atom. The molecule has 1 heteroatoms.